The van der Waals surface area contributed by atoms with Crippen LogP contribution in [0.4, 0.5) is 0 Å². The fourth-order valence-corrected chi connectivity index (χ4v) is 6.41. The highest BCUT2D eigenvalue weighted by Crippen LogP contribution is 2.41. The Labute approximate surface area is 132 Å². The minimum atomic E-state index is -0.234. The maximum atomic E-state index is 2.47. The van der Waals surface area contributed by atoms with E-state index < -0.39 is 0 Å². The van der Waals surface area contributed by atoms with Crippen LogP contribution in [0.2, 0.25) is 5.54 Å². The number of allylic oxidation sites excluding steroid dienone is 4. The highest BCUT2D eigenvalue weighted by Gasteiger charge is 2.26. The first kappa shape index (κ1) is 14.8. The normalized spacial score (nSPS) is 24.1. The Kier molecular flexibility index (Phi) is 4.79. The van der Waals surface area contributed by atoms with Crippen molar-refractivity contribution in [1.29, 1.82) is 0 Å². The Morgan fingerprint density at radius 2 is 1.71 bits per heavy atom. The van der Waals surface area contributed by atoms with Gasteiger partial charge >= 0.3 is 0 Å². The van der Waals surface area contributed by atoms with Crippen molar-refractivity contribution in [3.05, 3.63) is 53.1 Å². The van der Waals surface area contributed by atoms with Gasteiger partial charge in [-0.25, -0.2) is 0 Å². The molecule has 1 aromatic carbocycles. The molecule has 0 aromatic heterocycles. The number of hydrogen-bond donors (Lipinski definition) is 0. The largest absolute Gasteiger partial charge is 0.0689 e. The van der Waals surface area contributed by atoms with E-state index in [2.05, 4.69) is 50.3 Å². The predicted octanol–water partition coefficient (Wildman–Crippen LogP) is 4.52. The lowest BCUT2D eigenvalue weighted by Gasteiger charge is -2.26. The van der Waals surface area contributed by atoms with Crippen molar-refractivity contribution < 1.29 is 0 Å². The van der Waals surface area contributed by atoms with E-state index in [0.29, 0.717) is 0 Å². The summed E-state index contributed by atoms with van der Waals surface area (Å²) in [5.41, 5.74) is 5.82. The second kappa shape index (κ2) is 6.78. The maximum Gasteiger partial charge on any atom is 0.0670 e. The van der Waals surface area contributed by atoms with Gasteiger partial charge in [0, 0.05) is 0 Å². The Morgan fingerprint density at radius 3 is 2.43 bits per heavy atom. The van der Waals surface area contributed by atoms with E-state index in [4.69, 9.17) is 0 Å². The van der Waals surface area contributed by atoms with Crippen LogP contribution in [0.5, 0.6) is 0 Å². The van der Waals surface area contributed by atoms with Crippen molar-refractivity contribution in [1.82, 2.24) is 0 Å². The summed E-state index contributed by atoms with van der Waals surface area (Å²) in [5, 5.41) is 1.62. The van der Waals surface area contributed by atoms with Gasteiger partial charge in [-0.3, -0.25) is 0 Å². The van der Waals surface area contributed by atoms with Gasteiger partial charge in [-0.2, -0.15) is 0 Å². The first-order chi connectivity index (χ1) is 10.2. The molecule has 1 aromatic rings. The molecule has 1 saturated carbocycles. The highest BCUT2D eigenvalue weighted by molar-refractivity contribution is 6.56. The molecule has 21 heavy (non-hydrogen) atoms. The summed E-state index contributed by atoms with van der Waals surface area (Å²) in [6.45, 7) is 4.71. The number of hydrogen-bond acceptors (Lipinski definition) is 0. The van der Waals surface area contributed by atoms with Crippen molar-refractivity contribution in [2.45, 2.75) is 57.9 Å². The van der Waals surface area contributed by atoms with Gasteiger partial charge in [0.1, 0.15) is 0 Å². The molecule has 0 heterocycles. The average molecular weight is 297 g/mol. The van der Waals surface area contributed by atoms with Crippen molar-refractivity contribution in [2.75, 3.05) is 0 Å². The van der Waals surface area contributed by atoms with Crippen LogP contribution in [0.1, 0.15) is 52.4 Å². The molecule has 1 heteroatoms. The van der Waals surface area contributed by atoms with E-state index in [1.807, 2.05) is 0 Å². The van der Waals surface area contributed by atoms with Crippen LogP contribution in [0, 0.1) is 5.92 Å². The zero-order chi connectivity index (χ0) is 14.7. The van der Waals surface area contributed by atoms with Gasteiger partial charge in [0.2, 0.25) is 0 Å². The third kappa shape index (κ3) is 3.57. The van der Waals surface area contributed by atoms with Crippen molar-refractivity contribution >= 4 is 14.7 Å². The molecule has 2 aliphatic carbocycles. The summed E-state index contributed by atoms with van der Waals surface area (Å²) in [6.07, 6.45) is 11.2. The Balaban J connectivity index is 1.72. The summed E-state index contributed by atoms with van der Waals surface area (Å²) in [5.74, 6) is 0.968. The molecule has 0 amide bonds. The molecule has 0 nitrogen and oxygen atoms in total. The van der Waals surface area contributed by atoms with Gasteiger partial charge in [-0.15, -0.1) is 0 Å². The van der Waals surface area contributed by atoms with Crippen LogP contribution >= 0.6 is 0 Å². The van der Waals surface area contributed by atoms with Gasteiger partial charge in [0.25, 0.3) is 0 Å². The minimum Gasteiger partial charge on any atom is -0.0689 e. The number of benzene rings is 1. The molecule has 0 N–H and O–H groups in total. The number of rotatable bonds is 4. The van der Waals surface area contributed by atoms with E-state index in [-0.39, 0.29) is 9.52 Å². The van der Waals surface area contributed by atoms with Crippen LogP contribution in [0.3, 0.4) is 0 Å². The van der Waals surface area contributed by atoms with Crippen molar-refractivity contribution in [3.63, 3.8) is 0 Å². The lowest BCUT2D eigenvalue weighted by atomic mass is 9.83. The van der Waals surface area contributed by atoms with Crippen LogP contribution in [0.25, 0.3) is 0 Å². The molecule has 0 bridgehead atoms. The smallest absolute Gasteiger partial charge is 0.0670 e. The predicted molar refractivity (Wildman–Crippen MR) is 96.0 cm³/mol. The van der Waals surface area contributed by atoms with Gasteiger partial charge in [0.05, 0.1) is 9.52 Å². The molecule has 0 saturated heterocycles. The van der Waals surface area contributed by atoms with E-state index in [9.17, 15) is 0 Å². The fourth-order valence-electron chi connectivity index (χ4n) is 4.22. The van der Waals surface area contributed by atoms with Gasteiger partial charge in [-0.05, 0) is 31.7 Å². The summed E-state index contributed by atoms with van der Waals surface area (Å²) in [7, 11) is -0.234. The third-order valence-corrected chi connectivity index (χ3v) is 7.92. The maximum absolute atomic E-state index is 2.47. The molecule has 1 unspecified atom stereocenters. The monoisotopic (exact) mass is 296 g/mol. The fraction of sp³-hybridized carbons (Fsp3) is 0.500. The lowest BCUT2D eigenvalue weighted by Crippen LogP contribution is -2.21. The molecule has 0 aliphatic heterocycles. The Hall–Kier alpha value is -1.08. The van der Waals surface area contributed by atoms with Crippen molar-refractivity contribution in [2.24, 2.45) is 5.92 Å². The molecule has 112 valence electrons. The zero-order valence-corrected chi connectivity index (χ0v) is 15.0. The van der Waals surface area contributed by atoms with Crippen LogP contribution in [-0.2, 0) is 0 Å². The topological polar surface area (TPSA) is 0 Å². The molecule has 3 rings (SSSR count). The van der Waals surface area contributed by atoms with E-state index in [0.717, 1.165) is 11.5 Å². The molecule has 0 spiro atoms. The second-order valence-corrected chi connectivity index (χ2v) is 9.09. The van der Waals surface area contributed by atoms with Gasteiger partial charge < -0.3 is 0 Å². The van der Waals surface area contributed by atoms with Crippen LogP contribution in [0.15, 0.2) is 53.1 Å². The molecule has 2 aliphatic rings. The van der Waals surface area contributed by atoms with Crippen LogP contribution in [-0.4, -0.2) is 9.52 Å². The minimum absolute atomic E-state index is 0.234. The summed E-state index contributed by atoms with van der Waals surface area (Å²) < 4.78 is 0. The van der Waals surface area contributed by atoms with E-state index in [1.54, 1.807) is 21.9 Å². The third-order valence-electron chi connectivity index (χ3n) is 5.44. The van der Waals surface area contributed by atoms with Gasteiger partial charge in [0.15, 0.2) is 0 Å². The molecule has 1 atom stereocenters. The Morgan fingerprint density at radius 1 is 1.00 bits per heavy atom. The average Bonchev–Trinajstić information content (AvgIpc) is 2.76. The van der Waals surface area contributed by atoms with Gasteiger partial charge in [-0.1, -0.05) is 90.4 Å². The first-order valence-corrected chi connectivity index (χ1v) is 10.2. The standard InChI is InChI=1S/C20H28Si/c1-15-13-16(2)20(21-18-11-7-4-8-12-18)19(15)14-17-9-5-3-6-10-17/h4,7-8,11-13,17,20H,3,5-6,9-10,14,21H2,1-2H3. The summed E-state index contributed by atoms with van der Waals surface area (Å²) in [4.78, 5) is 0. The van der Waals surface area contributed by atoms with E-state index in [1.165, 1.54) is 38.5 Å². The molecule has 0 radical (unpaired) electrons. The first-order valence-electron chi connectivity index (χ1n) is 8.66. The summed E-state index contributed by atoms with van der Waals surface area (Å²) in [6, 6.07) is 11.2. The quantitative estimate of drug-likeness (QED) is 0.717. The lowest BCUT2D eigenvalue weighted by molar-refractivity contribution is 0.354. The SMILES string of the molecule is CC1=CC(C)=C(CC2CCCCC2)C1[SiH2]c1ccccc1. The zero-order valence-electron chi connectivity index (χ0n) is 13.6. The highest BCUT2D eigenvalue weighted by atomic mass is 28.2. The Bertz CT molecular complexity index is 532. The second-order valence-electron chi connectivity index (χ2n) is 7.05. The summed E-state index contributed by atoms with van der Waals surface area (Å²) >= 11 is 0. The molecular formula is C20H28Si. The van der Waals surface area contributed by atoms with E-state index >= 15 is 0 Å². The van der Waals surface area contributed by atoms with Crippen LogP contribution < -0.4 is 5.19 Å². The molecular weight excluding hydrogens is 268 g/mol. The van der Waals surface area contributed by atoms with Crippen molar-refractivity contribution in [3.8, 4) is 0 Å². The molecule has 1 fully saturated rings.